The SMILES string of the molecule is CCc1cccc2c1ncn2CC(N)=O. The van der Waals surface area contributed by atoms with Crippen LogP contribution in [0, 0.1) is 0 Å². The minimum atomic E-state index is -0.351. The maximum Gasteiger partial charge on any atom is 0.237 e. The lowest BCUT2D eigenvalue weighted by atomic mass is 10.1. The summed E-state index contributed by atoms with van der Waals surface area (Å²) in [6.45, 7) is 2.27. The molecule has 0 aliphatic rings. The van der Waals surface area contributed by atoms with Gasteiger partial charge in [-0.25, -0.2) is 4.98 Å². The molecule has 2 aromatic rings. The third kappa shape index (κ3) is 1.70. The highest BCUT2D eigenvalue weighted by molar-refractivity contribution is 5.81. The Kier molecular flexibility index (Phi) is 2.41. The number of fused-ring (bicyclic) bond motifs is 1. The van der Waals surface area contributed by atoms with Crippen LogP contribution in [-0.4, -0.2) is 15.5 Å². The molecule has 0 saturated heterocycles. The molecule has 2 rings (SSSR count). The zero-order valence-corrected chi connectivity index (χ0v) is 8.60. The molecule has 1 heterocycles. The van der Waals surface area contributed by atoms with Gasteiger partial charge in [0.05, 0.1) is 17.4 Å². The van der Waals surface area contributed by atoms with Gasteiger partial charge in [0.2, 0.25) is 5.91 Å². The highest BCUT2D eigenvalue weighted by atomic mass is 16.1. The first-order valence-corrected chi connectivity index (χ1v) is 4.93. The molecule has 2 N–H and O–H groups in total. The number of nitrogens with two attached hydrogens (primary N) is 1. The predicted octanol–water partition coefficient (Wildman–Crippen LogP) is 1.08. The molecule has 0 fully saturated rings. The molecule has 0 aliphatic carbocycles. The molecule has 0 saturated carbocycles. The van der Waals surface area contributed by atoms with Crippen LogP contribution in [0.2, 0.25) is 0 Å². The van der Waals surface area contributed by atoms with Gasteiger partial charge in [-0.1, -0.05) is 19.1 Å². The normalized spacial score (nSPS) is 10.7. The van der Waals surface area contributed by atoms with Crippen LogP contribution in [0.25, 0.3) is 11.0 Å². The van der Waals surface area contributed by atoms with Gasteiger partial charge in [0, 0.05) is 0 Å². The predicted molar refractivity (Wildman–Crippen MR) is 58.3 cm³/mol. The fourth-order valence-electron chi connectivity index (χ4n) is 1.73. The van der Waals surface area contributed by atoms with E-state index in [9.17, 15) is 4.79 Å². The number of imidazole rings is 1. The van der Waals surface area contributed by atoms with E-state index in [0.29, 0.717) is 0 Å². The smallest absolute Gasteiger partial charge is 0.237 e. The molecule has 0 spiro atoms. The van der Waals surface area contributed by atoms with Crippen molar-refractivity contribution < 1.29 is 4.79 Å². The Labute approximate surface area is 87.7 Å². The molecule has 0 aliphatic heterocycles. The number of hydrogen-bond donors (Lipinski definition) is 1. The summed E-state index contributed by atoms with van der Waals surface area (Å²) in [7, 11) is 0. The summed E-state index contributed by atoms with van der Waals surface area (Å²) >= 11 is 0. The van der Waals surface area contributed by atoms with Crippen molar-refractivity contribution >= 4 is 16.9 Å². The summed E-state index contributed by atoms with van der Waals surface area (Å²) in [5.41, 5.74) is 8.27. The van der Waals surface area contributed by atoms with E-state index < -0.39 is 0 Å². The number of primary amides is 1. The lowest BCUT2D eigenvalue weighted by Gasteiger charge is -2.01. The van der Waals surface area contributed by atoms with Crippen molar-refractivity contribution in [3.05, 3.63) is 30.1 Å². The van der Waals surface area contributed by atoms with Crippen molar-refractivity contribution in [3.63, 3.8) is 0 Å². The molecule has 15 heavy (non-hydrogen) atoms. The van der Waals surface area contributed by atoms with Crippen LogP contribution >= 0.6 is 0 Å². The third-order valence-corrected chi connectivity index (χ3v) is 2.44. The van der Waals surface area contributed by atoms with Gasteiger partial charge >= 0.3 is 0 Å². The molecule has 1 amide bonds. The van der Waals surface area contributed by atoms with E-state index in [2.05, 4.69) is 11.9 Å². The van der Waals surface area contributed by atoms with Crippen molar-refractivity contribution in [1.29, 1.82) is 0 Å². The number of hydrogen-bond acceptors (Lipinski definition) is 2. The summed E-state index contributed by atoms with van der Waals surface area (Å²) in [5, 5.41) is 0. The minimum absolute atomic E-state index is 0.184. The number of aromatic nitrogens is 2. The first kappa shape index (κ1) is 9.71. The van der Waals surface area contributed by atoms with Crippen LogP contribution in [0.4, 0.5) is 0 Å². The van der Waals surface area contributed by atoms with Crippen LogP contribution in [0.1, 0.15) is 12.5 Å². The molecule has 4 nitrogen and oxygen atoms in total. The van der Waals surface area contributed by atoms with E-state index in [1.807, 2.05) is 18.2 Å². The lowest BCUT2D eigenvalue weighted by molar-refractivity contribution is -0.118. The molecule has 1 aromatic carbocycles. The first-order chi connectivity index (χ1) is 7.22. The van der Waals surface area contributed by atoms with E-state index in [1.165, 1.54) is 5.56 Å². The highest BCUT2D eigenvalue weighted by Crippen LogP contribution is 2.17. The van der Waals surface area contributed by atoms with Crippen molar-refractivity contribution in [2.75, 3.05) is 0 Å². The number of amides is 1. The molecule has 4 heteroatoms. The number of benzene rings is 1. The van der Waals surface area contributed by atoms with E-state index in [-0.39, 0.29) is 12.5 Å². The Bertz CT molecular complexity index is 502. The van der Waals surface area contributed by atoms with Gasteiger partial charge in [-0.05, 0) is 18.1 Å². The zero-order valence-electron chi connectivity index (χ0n) is 8.60. The van der Waals surface area contributed by atoms with Gasteiger partial charge in [-0.15, -0.1) is 0 Å². The Morgan fingerprint density at radius 1 is 1.53 bits per heavy atom. The average Bonchev–Trinajstić information content (AvgIpc) is 2.61. The fourth-order valence-corrected chi connectivity index (χ4v) is 1.73. The number of para-hydroxylation sites is 1. The summed E-state index contributed by atoms with van der Waals surface area (Å²) in [6.07, 6.45) is 2.60. The molecule has 0 atom stereocenters. The Morgan fingerprint density at radius 2 is 2.33 bits per heavy atom. The second-order valence-electron chi connectivity index (χ2n) is 3.48. The maximum atomic E-state index is 10.8. The number of nitrogens with zero attached hydrogens (tertiary/aromatic N) is 2. The van der Waals surface area contributed by atoms with E-state index in [4.69, 9.17) is 5.73 Å². The van der Waals surface area contributed by atoms with Crippen LogP contribution in [0.5, 0.6) is 0 Å². The number of rotatable bonds is 3. The van der Waals surface area contributed by atoms with Crippen LogP contribution in [0.15, 0.2) is 24.5 Å². The molecule has 0 radical (unpaired) electrons. The lowest BCUT2D eigenvalue weighted by Crippen LogP contribution is -2.17. The fraction of sp³-hybridized carbons (Fsp3) is 0.273. The summed E-state index contributed by atoms with van der Waals surface area (Å²) in [4.78, 5) is 15.1. The Hall–Kier alpha value is -1.84. The van der Waals surface area contributed by atoms with Gasteiger partial charge in [0.25, 0.3) is 0 Å². The third-order valence-electron chi connectivity index (χ3n) is 2.44. The Balaban J connectivity index is 2.55. The molecule has 0 bridgehead atoms. The second-order valence-corrected chi connectivity index (χ2v) is 3.48. The van der Waals surface area contributed by atoms with Crippen molar-refractivity contribution in [2.24, 2.45) is 5.73 Å². The molecular formula is C11H13N3O. The topological polar surface area (TPSA) is 60.9 Å². The molecule has 1 aromatic heterocycles. The summed E-state index contributed by atoms with van der Waals surface area (Å²) in [6, 6.07) is 5.97. The summed E-state index contributed by atoms with van der Waals surface area (Å²) < 4.78 is 1.77. The number of carbonyl (C=O) groups excluding carboxylic acids is 1. The molecule has 0 unspecified atom stereocenters. The zero-order chi connectivity index (χ0) is 10.8. The molecule has 78 valence electrons. The quantitative estimate of drug-likeness (QED) is 0.811. The van der Waals surface area contributed by atoms with Crippen molar-refractivity contribution in [2.45, 2.75) is 19.9 Å². The largest absolute Gasteiger partial charge is 0.368 e. The molecular weight excluding hydrogens is 190 g/mol. The minimum Gasteiger partial charge on any atom is -0.368 e. The van der Waals surface area contributed by atoms with Gasteiger partial charge < -0.3 is 10.3 Å². The van der Waals surface area contributed by atoms with Crippen LogP contribution in [-0.2, 0) is 17.8 Å². The summed E-state index contributed by atoms with van der Waals surface area (Å²) in [5.74, 6) is -0.351. The van der Waals surface area contributed by atoms with Crippen LogP contribution < -0.4 is 5.73 Å². The monoisotopic (exact) mass is 203 g/mol. The standard InChI is InChI=1S/C11H13N3O/c1-2-8-4-3-5-9-11(8)13-7-14(9)6-10(12)15/h3-5,7H,2,6H2,1H3,(H2,12,15). The Morgan fingerprint density at radius 3 is 3.00 bits per heavy atom. The average molecular weight is 203 g/mol. The van der Waals surface area contributed by atoms with Gasteiger partial charge in [-0.2, -0.15) is 0 Å². The van der Waals surface area contributed by atoms with Gasteiger partial charge in [-0.3, -0.25) is 4.79 Å². The van der Waals surface area contributed by atoms with E-state index in [0.717, 1.165) is 17.5 Å². The van der Waals surface area contributed by atoms with Gasteiger partial charge in [0.15, 0.2) is 0 Å². The van der Waals surface area contributed by atoms with Crippen molar-refractivity contribution in [1.82, 2.24) is 9.55 Å². The van der Waals surface area contributed by atoms with E-state index >= 15 is 0 Å². The highest BCUT2D eigenvalue weighted by Gasteiger charge is 2.06. The number of carbonyl (C=O) groups is 1. The number of aryl methyl sites for hydroxylation is 1. The van der Waals surface area contributed by atoms with Crippen LogP contribution in [0.3, 0.4) is 0 Å². The maximum absolute atomic E-state index is 10.8. The first-order valence-electron chi connectivity index (χ1n) is 4.93. The van der Waals surface area contributed by atoms with Gasteiger partial charge in [0.1, 0.15) is 6.54 Å². The van der Waals surface area contributed by atoms with E-state index in [1.54, 1.807) is 10.9 Å². The second kappa shape index (κ2) is 3.73. The van der Waals surface area contributed by atoms with Crippen molar-refractivity contribution in [3.8, 4) is 0 Å².